The van der Waals surface area contributed by atoms with Crippen molar-refractivity contribution in [3.05, 3.63) is 17.1 Å². The lowest BCUT2D eigenvalue weighted by Gasteiger charge is -1.99. The highest BCUT2D eigenvalue weighted by Crippen LogP contribution is 1.97. The van der Waals surface area contributed by atoms with E-state index < -0.39 is 6.10 Å². The molecule has 0 saturated heterocycles. The molecule has 4 heteroatoms. The lowest BCUT2D eigenvalue weighted by Crippen LogP contribution is -2.09. The maximum Gasteiger partial charge on any atom is 0.189 e. The van der Waals surface area contributed by atoms with Crippen molar-refractivity contribution in [2.75, 3.05) is 0 Å². The number of aldehydes is 1. The molecule has 0 saturated carbocycles. The summed E-state index contributed by atoms with van der Waals surface area (Å²) in [5.74, 6) is 0. The third-order valence-electron chi connectivity index (χ3n) is 1.10. The van der Waals surface area contributed by atoms with E-state index in [1.165, 1.54) is 0 Å². The zero-order valence-electron chi connectivity index (χ0n) is 6.40. The third-order valence-corrected chi connectivity index (χ3v) is 1.10. The first-order valence-electron chi connectivity index (χ1n) is 3.44. The van der Waals surface area contributed by atoms with Crippen molar-refractivity contribution >= 4 is 6.29 Å². The van der Waals surface area contributed by atoms with Gasteiger partial charge in [0.25, 0.3) is 0 Å². The molecule has 0 N–H and O–H groups in total. The number of carbonyl (C=O) groups excluding carboxylic acids is 1. The molecule has 0 heterocycles. The Balaban J connectivity index is 3.59. The monoisotopic (exact) mass is 157 g/mol. The topological polar surface area (TPSA) is 55.7 Å². The molecule has 1 unspecified atom stereocenters. The van der Waals surface area contributed by atoms with Gasteiger partial charge >= 0.3 is 0 Å². The molecule has 0 aliphatic carbocycles. The van der Waals surface area contributed by atoms with Gasteiger partial charge in [0.1, 0.15) is 0 Å². The van der Waals surface area contributed by atoms with E-state index in [0.717, 1.165) is 6.42 Å². The molecule has 0 spiro atoms. The maximum absolute atomic E-state index is 10.1. The van der Waals surface area contributed by atoms with E-state index in [0.29, 0.717) is 12.7 Å². The normalized spacial score (nSPS) is 12.8. The van der Waals surface area contributed by atoms with Gasteiger partial charge in [-0.3, -0.25) is 4.79 Å². The Kier molecular flexibility index (Phi) is 6.17. The molecular formula is C7H11NO3. The molecule has 0 rings (SSSR count). The van der Waals surface area contributed by atoms with Crippen molar-refractivity contribution in [3.63, 3.8) is 0 Å². The van der Waals surface area contributed by atoms with Crippen LogP contribution in [0.1, 0.15) is 19.8 Å². The molecule has 0 aliphatic rings. The van der Waals surface area contributed by atoms with Gasteiger partial charge in [0.15, 0.2) is 17.7 Å². The predicted molar refractivity (Wildman–Crippen MR) is 40.8 cm³/mol. The quantitative estimate of drug-likeness (QED) is 0.255. The van der Waals surface area contributed by atoms with E-state index in [1.54, 1.807) is 6.08 Å². The summed E-state index contributed by atoms with van der Waals surface area (Å²) in [7, 11) is 0. The van der Waals surface area contributed by atoms with E-state index in [2.05, 4.69) is 10.2 Å². The lowest BCUT2D eigenvalue weighted by molar-refractivity contribution is -0.118. The van der Waals surface area contributed by atoms with Gasteiger partial charge in [0.05, 0.1) is 0 Å². The van der Waals surface area contributed by atoms with Gasteiger partial charge in [-0.05, 0) is 6.42 Å². The van der Waals surface area contributed by atoms with Gasteiger partial charge in [0, 0.05) is 6.42 Å². The summed E-state index contributed by atoms with van der Waals surface area (Å²) in [5.41, 5.74) is 0. The van der Waals surface area contributed by atoms with E-state index in [9.17, 15) is 9.70 Å². The fourth-order valence-corrected chi connectivity index (χ4v) is 0.576. The van der Waals surface area contributed by atoms with Crippen LogP contribution in [0, 0.1) is 4.91 Å². The van der Waals surface area contributed by atoms with Crippen molar-refractivity contribution < 1.29 is 9.63 Å². The average Bonchev–Trinajstić information content (AvgIpc) is 2.03. The zero-order chi connectivity index (χ0) is 8.53. The molecule has 0 aromatic heterocycles. The number of rotatable bonds is 6. The SMILES string of the molecule is CC/C=C\CC(C=O)ON=O. The molecule has 0 aliphatic heterocycles. The minimum absolute atomic E-state index is 0.406. The summed E-state index contributed by atoms with van der Waals surface area (Å²) in [6.07, 6.45) is 4.81. The summed E-state index contributed by atoms with van der Waals surface area (Å²) in [5, 5.41) is 2.17. The van der Waals surface area contributed by atoms with Crippen molar-refractivity contribution in [1.82, 2.24) is 0 Å². The number of hydrogen-bond donors (Lipinski definition) is 0. The highest BCUT2D eigenvalue weighted by Gasteiger charge is 2.04. The van der Waals surface area contributed by atoms with Gasteiger partial charge in [-0.25, -0.2) is 0 Å². The van der Waals surface area contributed by atoms with Crippen LogP contribution in [0.5, 0.6) is 0 Å². The number of allylic oxidation sites excluding steroid dienone is 1. The number of carbonyl (C=O) groups is 1. The Hall–Kier alpha value is -1.19. The molecule has 0 bridgehead atoms. The van der Waals surface area contributed by atoms with E-state index in [-0.39, 0.29) is 0 Å². The van der Waals surface area contributed by atoms with E-state index in [4.69, 9.17) is 0 Å². The largest absolute Gasteiger partial charge is 0.353 e. The van der Waals surface area contributed by atoms with Crippen LogP contribution in [-0.4, -0.2) is 12.4 Å². The number of nitrogens with zero attached hydrogens (tertiary/aromatic N) is 1. The Bertz CT molecular complexity index is 145. The summed E-state index contributed by atoms with van der Waals surface area (Å²) in [6.45, 7) is 1.98. The molecule has 1 atom stereocenters. The van der Waals surface area contributed by atoms with Crippen molar-refractivity contribution in [3.8, 4) is 0 Å². The molecule has 4 nitrogen and oxygen atoms in total. The standard InChI is InChI=1S/C7H11NO3/c1-2-3-4-5-7(6-9)11-8-10/h3-4,6-7H,2,5H2,1H3/b4-3-. The predicted octanol–water partition coefficient (Wildman–Crippen LogP) is 1.61. The van der Waals surface area contributed by atoms with Crippen LogP contribution < -0.4 is 0 Å². The Morgan fingerprint density at radius 2 is 2.27 bits per heavy atom. The molecule has 0 fully saturated rings. The Morgan fingerprint density at radius 3 is 2.73 bits per heavy atom. The number of hydrogen-bond acceptors (Lipinski definition) is 4. The van der Waals surface area contributed by atoms with Crippen molar-refractivity contribution in [2.45, 2.75) is 25.9 Å². The Labute approximate surface area is 65.2 Å². The minimum atomic E-state index is -0.727. The summed E-state index contributed by atoms with van der Waals surface area (Å²) < 4.78 is 0. The first-order chi connectivity index (χ1) is 5.35. The first kappa shape index (κ1) is 9.81. The summed E-state index contributed by atoms with van der Waals surface area (Å²) in [4.78, 5) is 23.9. The maximum atomic E-state index is 10.1. The molecular weight excluding hydrogens is 146 g/mol. The van der Waals surface area contributed by atoms with E-state index in [1.807, 2.05) is 13.0 Å². The smallest absolute Gasteiger partial charge is 0.189 e. The van der Waals surface area contributed by atoms with Crippen LogP contribution in [0.15, 0.2) is 17.5 Å². The zero-order valence-corrected chi connectivity index (χ0v) is 6.40. The summed E-state index contributed by atoms with van der Waals surface area (Å²) in [6, 6.07) is 0. The van der Waals surface area contributed by atoms with Crippen LogP contribution in [0.2, 0.25) is 0 Å². The van der Waals surface area contributed by atoms with E-state index >= 15 is 0 Å². The lowest BCUT2D eigenvalue weighted by atomic mass is 10.2. The molecule has 11 heavy (non-hydrogen) atoms. The van der Waals surface area contributed by atoms with Crippen molar-refractivity contribution in [2.24, 2.45) is 5.34 Å². The fraction of sp³-hybridized carbons (Fsp3) is 0.571. The molecule has 0 aromatic carbocycles. The highest BCUT2D eigenvalue weighted by atomic mass is 16.7. The molecule has 0 amide bonds. The van der Waals surface area contributed by atoms with Gasteiger partial charge in [-0.2, -0.15) is 0 Å². The molecule has 62 valence electrons. The van der Waals surface area contributed by atoms with Gasteiger partial charge in [-0.15, -0.1) is 4.91 Å². The molecule has 0 aromatic rings. The second kappa shape index (κ2) is 6.92. The highest BCUT2D eigenvalue weighted by molar-refractivity contribution is 5.56. The van der Waals surface area contributed by atoms with Crippen LogP contribution in [0.3, 0.4) is 0 Å². The van der Waals surface area contributed by atoms with Gasteiger partial charge in [0.2, 0.25) is 0 Å². The third kappa shape index (κ3) is 5.26. The Morgan fingerprint density at radius 1 is 1.55 bits per heavy atom. The molecule has 0 radical (unpaired) electrons. The van der Waals surface area contributed by atoms with Gasteiger partial charge in [-0.1, -0.05) is 19.1 Å². The van der Waals surface area contributed by atoms with Gasteiger partial charge < -0.3 is 4.84 Å². The second-order valence-corrected chi connectivity index (χ2v) is 1.97. The van der Waals surface area contributed by atoms with Crippen LogP contribution in [0.4, 0.5) is 0 Å². The average molecular weight is 157 g/mol. The van der Waals surface area contributed by atoms with Crippen LogP contribution in [0.25, 0.3) is 0 Å². The van der Waals surface area contributed by atoms with Crippen molar-refractivity contribution in [1.29, 1.82) is 0 Å². The summed E-state index contributed by atoms with van der Waals surface area (Å²) >= 11 is 0. The van der Waals surface area contributed by atoms with Crippen LogP contribution >= 0.6 is 0 Å². The van der Waals surface area contributed by atoms with Crippen LogP contribution in [-0.2, 0) is 9.63 Å². The fourth-order valence-electron chi connectivity index (χ4n) is 0.576. The minimum Gasteiger partial charge on any atom is -0.353 e. The first-order valence-corrected chi connectivity index (χ1v) is 3.44. The second-order valence-electron chi connectivity index (χ2n) is 1.97.